The number of carbonyl (C=O) groups excluding carboxylic acids is 3. The van der Waals surface area contributed by atoms with Gasteiger partial charge in [0.25, 0.3) is 0 Å². The highest BCUT2D eigenvalue weighted by atomic mass is 32.2. The van der Waals surface area contributed by atoms with E-state index < -0.39 is 28.5 Å². The van der Waals surface area contributed by atoms with Gasteiger partial charge < -0.3 is 10.2 Å². The molecule has 0 saturated carbocycles. The zero-order chi connectivity index (χ0) is 27.0. The average molecular weight is 516 g/mol. The minimum Gasteiger partial charge on any atom is -0.352 e. The lowest BCUT2D eigenvalue weighted by atomic mass is 10.1. The molecule has 2 atom stereocenters. The molecule has 2 rings (SSSR count). The molecule has 9 heteroatoms. The van der Waals surface area contributed by atoms with Crippen molar-refractivity contribution in [2.45, 2.75) is 66.1 Å². The molecular weight excluding hydrogens is 478 g/mol. The number of carbonyl (C=O) groups is 3. The standard InChI is InChI=1S/C27H37N3O5S/c1-7-20(4)28-27(33)25(8-2)29(17-22-12-9-11-19(3)15-22)26(32)18-30(36(6,34)35)24-14-10-13-23(16-24)21(5)31/h9-16,20,25H,7-8,17-18H2,1-6H3,(H,28,33). The van der Waals surface area contributed by atoms with Crippen molar-refractivity contribution in [2.24, 2.45) is 0 Å². The molecule has 0 bridgehead atoms. The Morgan fingerprint density at radius 2 is 1.67 bits per heavy atom. The molecule has 0 aliphatic carbocycles. The molecule has 0 radical (unpaired) electrons. The van der Waals surface area contributed by atoms with Crippen molar-refractivity contribution >= 4 is 33.3 Å². The van der Waals surface area contributed by atoms with E-state index in [1.165, 1.54) is 17.9 Å². The quantitative estimate of drug-likeness (QED) is 0.434. The Morgan fingerprint density at radius 1 is 1.00 bits per heavy atom. The van der Waals surface area contributed by atoms with E-state index in [-0.39, 0.29) is 30.0 Å². The molecule has 0 fully saturated rings. The van der Waals surface area contributed by atoms with Gasteiger partial charge in [-0.15, -0.1) is 0 Å². The van der Waals surface area contributed by atoms with E-state index in [4.69, 9.17) is 0 Å². The second-order valence-corrected chi connectivity index (χ2v) is 11.0. The first-order chi connectivity index (χ1) is 16.9. The Kier molecular flexibility index (Phi) is 10.2. The van der Waals surface area contributed by atoms with Crippen LogP contribution >= 0.6 is 0 Å². The molecular formula is C27H37N3O5S. The van der Waals surface area contributed by atoms with Gasteiger partial charge in [0.05, 0.1) is 11.9 Å². The average Bonchev–Trinajstić information content (AvgIpc) is 2.81. The molecule has 196 valence electrons. The predicted molar refractivity (Wildman–Crippen MR) is 142 cm³/mol. The maximum atomic E-state index is 13.7. The number of ketones is 1. The summed E-state index contributed by atoms with van der Waals surface area (Å²) < 4.78 is 26.4. The number of benzene rings is 2. The zero-order valence-corrected chi connectivity index (χ0v) is 22.8. The van der Waals surface area contributed by atoms with Crippen LogP contribution in [-0.4, -0.2) is 55.8 Å². The van der Waals surface area contributed by atoms with E-state index in [2.05, 4.69) is 5.32 Å². The third-order valence-corrected chi connectivity index (χ3v) is 7.18. The zero-order valence-electron chi connectivity index (χ0n) is 21.9. The maximum Gasteiger partial charge on any atom is 0.244 e. The second kappa shape index (κ2) is 12.7. The maximum absolute atomic E-state index is 13.7. The first-order valence-corrected chi connectivity index (χ1v) is 14.0. The Morgan fingerprint density at radius 3 is 2.22 bits per heavy atom. The smallest absolute Gasteiger partial charge is 0.244 e. The highest BCUT2D eigenvalue weighted by Gasteiger charge is 2.32. The molecule has 36 heavy (non-hydrogen) atoms. The molecule has 2 aromatic carbocycles. The minimum absolute atomic E-state index is 0.0655. The fourth-order valence-corrected chi connectivity index (χ4v) is 4.70. The molecule has 0 heterocycles. The van der Waals surface area contributed by atoms with E-state index >= 15 is 0 Å². The van der Waals surface area contributed by atoms with Crippen molar-refractivity contribution in [3.8, 4) is 0 Å². The number of amides is 2. The summed E-state index contributed by atoms with van der Waals surface area (Å²) in [6.45, 7) is 8.65. The van der Waals surface area contributed by atoms with Crippen LogP contribution in [-0.2, 0) is 26.2 Å². The summed E-state index contributed by atoms with van der Waals surface area (Å²) in [4.78, 5) is 40.2. The van der Waals surface area contributed by atoms with Gasteiger partial charge in [-0.3, -0.25) is 18.7 Å². The van der Waals surface area contributed by atoms with Crippen molar-refractivity contribution in [1.29, 1.82) is 0 Å². The van der Waals surface area contributed by atoms with Crippen LogP contribution < -0.4 is 9.62 Å². The number of nitrogens with zero attached hydrogens (tertiary/aromatic N) is 2. The third kappa shape index (κ3) is 7.91. The van der Waals surface area contributed by atoms with Gasteiger partial charge in [0.2, 0.25) is 21.8 Å². The number of nitrogens with one attached hydrogen (secondary N) is 1. The lowest BCUT2D eigenvalue weighted by Gasteiger charge is -2.33. The van der Waals surface area contributed by atoms with E-state index in [1.54, 1.807) is 18.2 Å². The van der Waals surface area contributed by atoms with Crippen molar-refractivity contribution in [2.75, 3.05) is 17.1 Å². The lowest BCUT2D eigenvalue weighted by Crippen LogP contribution is -2.53. The van der Waals surface area contributed by atoms with Gasteiger partial charge in [-0.25, -0.2) is 8.42 Å². The number of hydrogen-bond acceptors (Lipinski definition) is 5. The Labute approximate surface area is 214 Å². The summed E-state index contributed by atoms with van der Waals surface area (Å²) in [7, 11) is -3.87. The number of anilines is 1. The molecule has 0 aromatic heterocycles. The van der Waals surface area contributed by atoms with Gasteiger partial charge in [-0.05, 0) is 51.3 Å². The number of sulfonamides is 1. The predicted octanol–water partition coefficient (Wildman–Crippen LogP) is 3.69. The van der Waals surface area contributed by atoms with Crippen LogP contribution in [0.5, 0.6) is 0 Å². The van der Waals surface area contributed by atoms with Crippen LogP contribution in [0.4, 0.5) is 5.69 Å². The number of hydrogen-bond donors (Lipinski definition) is 1. The van der Waals surface area contributed by atoms with Gasteiger partial charge in [0, 0.05) is 18.2 Å². The topological polar surface area (TPSA) is 104 Å². The fourth-order valence-electron chi connectivity index (χ4n) is 3.86. The summed E-state index contributed by atoms with van der Waals surface area (Å²) in [6.07, 6.45) is 2.11. The van der Waals surface area contributed by atoms with Crippen molar-refractivity contribution in [1.82, 2.24) is 10.2 Å². The van der Waals surface area contributed by atoms with Crippen LogP contribution in [0, 0.1) is 6.92 Å². The van der Waals surface area contributed by atoms with Gasteiger partial charge in [-0.1, -0.05) is 55.8 Å². The van der Waals surface area contributed by atoms with Crippen LogP contribution in [0.2, 0.25) is 0 Å². The third-order valence-electron chi connectivity index (χ3n) is 6.04. The van der Waals surface area contributed by atoms with E-state index in [0.717, 1.165) is 28.1 Å². The molecule has 2 amide bonds. The van der Waals surface area contributed by atoms with Gasteiger partial charge >= 0.3 is 0 Å². The van der Waals surface area contributed by atoms with Crippen LogP contribution in [0.1, 0.15) is 62.0 Å². The number of rotatable bonds is 12. The summed E-state index contributed by atoms with van der Waals surface area (Å²) >= 11 is 0. The van der Waals surface area contributed by atoms with E-state index in [0.29, 0.717) is 12.0 Å². The molecule has 0 spiro atoms. The monoisotopic (exact) mass is 515 g/mol. The number of aryl methyl sites for hydroxylation is 1. The molecule has 0 aliphatic heterocycles. The molecule has 8 nitrogen and oxygen atoms in total. The van der Waals surface area contributed by atoms with Crippen molar-refractivity contribution < 1.29 is 22.8 Å². The van der Waals surface area contributed by atoms with Gasteiger partial charge in [0.1, 0.15) is 12.6 Å². The molecule has 0 aliphatic rings. The summed E-state index contributed by atoms with van der Waals surface area (Å²) in [5, 5.41) is 2.95. The van der Waals surface area contributed by atoms with Crippen molar-refractivity contribution in [3.63, 3.8) is 0 Å². The summed E-state index contributed by atoms with van der Waals surface area (Å²) in [5.74, 6) is -1.01. The largest absolute Gasteiger partial charge is 0.352 e. The molecule has 2 aromatic rings. The van der Waals surface area contributed by atoms with Crippen molar-refractivity contribution in [3.05, 3.63) is 65.2 Å². The van der Waals surface area contributed by atoms with Crippen LogP contribution in [0.25, 0.3) is 0 Å². The fraction of sp³-hybridized carbons (Fsp3) is 0.444. The Bertz CT molecular complexity index is 1200. The van der Waals surface area contributed by atoms with E-state index in [9.17, 15) is 22.8 Å². The molecule has 2 unspecified atom stereocenters. The summed E-state index contributed by atoms with van der Waals surface area (Å²) in [5.41, 5.74) is 2.40. The first-order valence-electron chi connectivity index (χ1n) is 12.1. The molecule has 0 saturated heterocycles. The normalized spacial score (nSPS) is 12.9. The Balaban J connectivity index is 2.48. The van der Waals surface area contributed by atoms with Gasteiger partial charge in [0.15, 0.2) is 5.78 Å². The molecule has 1 N–H and O–H groups in total. The Hall–Kier alpha value is -3.20. The SMILES string of the molecule is CCC(C)NC(=O)C(CC)N(Cc1cccc(C)c1)C(=O)CN(c1cccc(C(C)=O)c1)S(C)(=O)=O. The highest BCUT2D eigenvalue weighted by molar-refractivity contribution is 7.92. The number of Topliss-reactive ketones (excluding diaryl/α,β-unsaturated/α-hetero) is 1. The first kappa shape index (κ1) is 29.0. The lowest BCUT2D eigenvalue weighted by molar-refractivity contribution is -0.140. The van der Waals surface area contributed by atoms with Gasteiger partial charge in [-0.2, -0.15) is 0 Å². The van der Waals surface area contributed by atoms with Crippen LogP contribution in [0.3, 0.4) is 0 Å². The van der Waals surface area contributed by atoms with E-state index in [1.807, 2.05) is 52.0 Å². The second-order valence-electron chi connectivity index (χ2n) is 9.13. The minimum atomic E-state index is -3.87. The highest BCUT2D eigenvalue weighted by Crippen LogP contribution is 2.21. The van der Waals surface area contributed by atoms with Crippen LogP contribution in [0.15, 0.2) is 48.5 Å². The summed E-state index contributed by atoms with van der Waals surface area (Å²) in [6, 6.07) is 12.9.